The van der Waals surface area contributed by atoms with Gasteiger partial charge in [0, 0.05) is 17.5 Å². The van der Waals surface area contributed by atoms with E-state index in [0.717, 1.165) is 12.0 Å². The van der Waals surface area contributed by atoms with E-state index < -0.39 is 17.2 Å². The first-order valence-electron chi connectivity index (χ1n) is 6.86. The van der Waals surface area contributed by atoms with Crippen LogP contribution in [-0.2, 0) is 18.4 Å². The molecule has 0 saturated carbocycles. The summed E-state index contributed by atoms with van der Waals surface area (Å²) in [5, 5.41) is 0. The van der Waals surface area contributed by atoms with Crippen LogP contribution in [0.4, 0.5) is 8.78 Å². The molecule has 0 saturated heterocycles. The summed E-state index contributed by atoms with van der Waals surface area (Å²) in [6, 6.07) is 10.4. The Morgan fingerprint density at radius 3 is 2.29 bits per heavy atom. The van der Waals surface area contributed by atoms with Gasteiger partial charge in [-0.1, -0.05) is 31.2 Å². The molecule has 21 heavy (non-hydrogen) atoms. The van der Waals surface area contributed by atoms with Gasteiger partial charge in [0.15, 0.2) is 0 Å². The SMILES string of the molecule is CCc1ccc(C(C)(N)Cc2c(F)ccc(Br)c2F)cc1. The standard InChI is InChI=1S/C17H18BrF2N/c1-3-11-4-6-12(7-5-11)17(2,21)10-13-15(19)9-8-14(18)16(13)20/h4-9H,3,10,21H2,1-2H3. The van der Waals surface area contributed by atoms with Crippen LogP contribution in [0.2, 0.25) is 0 Å². The second-order valence-electron chi connectivity index (χ2n) is 5.47. The Bertz CT molecular complexity index is 636. The van der Waals surface area contributed by atoms with Crippen molar-refractivity contribution in [2.75, 3.05) is 0 Å². The van der Waals surface area contributed by atoms with E-state index in [4.69, 9.17) is 5.73 Å². The van der Waals surface area contributed by atoms with Gasteiger partial charge in [-0.05, 0) is 52.5 Å². The highest BCUT2D eigenvalue weighted by atomic mass is 79.9. The van der Waals surface area contributed by atoms with Crippen LogP contribution in [0.3, 0.4) is 0 Å². The van der Waals surface area contributed by atoms with Gasteiger partial charge in [0.2, 0.25) is 0 Å². The Balaban J connectivity index is 2.34. The molecule has 0 amide bonds. The normalized spacial score (nSPS) is 14.0. The van der Waals surface area contributed by atoms with E-state index in [1.54, 1.807) is 6.92 Å². The average Bonchev–Trinajstić information content (AvgIpc) is 2.48. The van der Waals surface area contributed by atoms with Crippen LogP contribution >= 0.6 is 15.9 Å². The van der Waals surface area contributed by atoms with Crippen molar-refractivity contribution in [2.45, 2.75) is 32.2 Å². The quantitative estimate of drug-likeness (QED) is 0.791. The molecule has 1 unspecified atom stereocenters. The molecule has 0 spiro atoms. The van der Waals surface area contributed by atoms with Gasteiger partial charge in [-0.15, -0.1) is 0 Å². The van der Waals surface area contributed by atoms with E-state index in [1.807, 2.05) is 24.3 Å². The van der Waals surface area contributed by atoms with Crippen molar-refractivity contribution >= 4 is 15.9 Å². The third-order valence-electron chi connectivity index (χ3n) is 3.70. The number of hydrogen-bond acceptors (Lipinski definition) is 1. The summed E-state index contributed by atoms with van der Waals surface area (Å²) in [5.74, 6) is -1.16. The lowest BCUT2D eigenvalue weighted by Gasteiger charge is -2.26. The van der Waals surface area contributed by atoms with Crippen LogP contribution in [0.1, 0.15) is 30.5 Å². The van der Waals surface area contributed by atoms with E-state index in [1.165, 1.54) is 17.7 Å². The maximum absolute atomic E-state index is 14.1. The lowest BCUT2D eigenvalue weighted by Crippen LogP contribution is -2.36. The molecule has 4 heteroatoms. The Labute approximate surface area is 132 Å². The Morgan fingerprint density at radius 2 is 1.71 bits per heavy atom. The number of aryl methyl sites for hydroxylation is 1. The first-order chi connectivity index (χ1) is 9.85. The van der Waals surface area contributed by atoms with Gasteiger partial charge in [0.25, 0.3) is 0 Å². The van der Waals surface area contributed by atoms with E-state index in [2.05, 4.69) is 22.9 Å². The molecule has 0 aliphatic rings. The van der Waals surface area contributed by atoms with Gasteiger partial charge in [-0.3, -0.25) is 0 Å². The molecule has 112 valence electrons. The molecular formula is C17H18BrF2N. The zero-order valence-electron chi connectivity index (χ0n) is 12.1. The lowest BCUT2D eigenvalue weighted by atomic mass is 9.85. The van der Waals surface area contributed by atoms with Crippen LogP contribution in [0.25, 0.3) is 0 Å². The molecular weight excluding hydrogens is 336 g/mol. The number of nitrogens with two attached hydrogens (primary N) is 1. The highest BCUT2D eigenvalue weighted by Crippen LogP contribution is 2.29. The van der Waals surface area contributed by atoms with Gasteiger partial charge < -0.3 is 5.73 Å². The van der Waals surface area contributed by atoms with Crippen molar-refractivity contribution in [3.05, 3.63) is 69.2 Å². The molecule has 2 N–H and O–H groups in total. The molecule has 0 aliphatic carbocycles. The van der Waals surface area contributed by atoms with Crippen LogP contribution < -0.4 is 5.73 Å². The van der Waals surface area contributed by atoms with Crippen molar-refractivity contribution in [1.82, 2.24) is 0 Å². The van der Waals surface area contributed by atoms with Gasteiger partial charge >= 0.3 is 0 Å². The molecule has 1 atom stereocenters. The summed E-state index contributed by atoms with van der Waals surface area (Å²) in [5.41, 5.74) is 7.53. The predicted octanol–water partition coefficient (Wildman–Crippen LogP) is 4.71. The van der Waals surface area contributed by atoms with Crippen molar-refractivity contribution in [1.29, 1.82) is 0 Å². The number of halogens is 3. The lowest BCUT2D eigenvalue weighted by molar-refractivity contribution is 0.454. The Kier molecular flexibility index (Phi) is 4.79. The van der Waals surface area contributed by atoms with Gasteiger partial charge in [-0.2, -0.15) is 0 Å². The fourth-order valence-electron chi connectivity index (χ4n) is 2.32. The molecule has 2 aromatic rings. The second-order valence-corrected chi connectivity index (χ2v) is 6.32. The Hall–Kier alpha value is -1.26. The second kappa shape index (κ2) is 6.24. The zero-order chi connectivity index (χ0) is 15.6. The summed E-state index contributed by atoms with van der Waals surface area (Å²) in [6.07, 6.45) is 1.03. The highest BCUT2D eigenvalue weighted by Gasteiger charge is 2.26. The van der Waals surface area contributed by atoms with Crippen LogP contribution in [0.5, 0.6) is 0 Å². The zero-order valence-corrected chi connectivity index (χ0v) is 13.7. The van der Waals surface area contributed by atoms with Crippen LogP contribution in [0, 0.1) is 11.6 Å². The molecule has 2 aromatic carbocycles. The fourth-order valence-corrected chi connectivity index (χ4v) is 2.69. The van der Waals surface area contributed by atoms with Crippen LogP contribution in [0.15, 0.2) is 40.9 Å². The molecule has 0 aliphatic heterocycles. The monoisotopic (exact) mass is 353 g/mol. The summed E-state index contributed by atoms with van der Waals surface area (Å²) < 4.78 is 28.2. The molecule has 0 aromatic heterocycles. The molecule has 0 bridgehead atoms. The molecule has 0 radical (unpaired) electrons. The minimum atomic E-state index is -0.839. The molecule has 0 heterocycles. The smallest absolute Gasteiger partial charge is 0.143 e. The average molecular weight is 354 g/mol. The van der Waals surface area contributed by atoms with Crippen molar-refractivity contribution < 1.29 is 8.78 Å². The number of benzene rings is 2. The Morgan fingerprint density at radius 1 is 1.10 bits per heavy atom. The summed E-state index contributed by atoms with van der Waals surface area (Å²) in [6.45, 7) is 3.86. The maximum atomic E-state index is 14.1. The minimum absolute atomic E-state index is 0.00828. The van der Waals surface area contributed by atoms with Crippen molar-refractivity contribution in [3.63, 3.8) is 0 Å². The van der Waals surface area contributed by atoms with Gasteiger partial charge in [-0.25, -0.2) is 8.78 Å². The van der Waals surface area contributed by atoms with Crippen molar-refractivity contribution in [2.24, 2.45) is 5.73 Å². The first-order valence-corrected chi connectivity index (χ1v) is 7.65. The van der Waals surface area contributed by atoms with Crippen LogP contribution in [-0.4, -0.2) is 0 Å². The predicted molar refractivity (Wildman–Crippen MR) is 85.1 cm³/mol. The van der Waals surface area contributed by atoms with E-state index >= 15 is 0 Å². The van der Waals surface area contributed by atoms with E-state index in [9.17, 15) is 8.78 Å². The number of hydrogen-bond donors (Lipinski definition) is 1. The number of rotatable bonds is 4. The minimum Gasteiger partial charge on any atom is -0.321 e. The first kappa shape index (κ1) is 16.1. The maximum Gasteiger partial charge on any atom is 0.143 e. The van der Waals surface area contributed by atoms with Gasteiger partial charge in [0.1, 0.15) is 11.6 Å². The van der Waals surface area contributed by atoms with Gasteiger partial charge in [0.05, 0.1) is 4.47 Å². The fraction of sp³-hybridized carbons (Fsp3) is 0.294. The topological polar surface area (TPSA) is 26.0 Å². The molecule has 1 nitrogen and oxygen atoms in total. The molecule has 2 rings (SSSR count). The highest BCUT2D eigenvalue weighted by molar-refractivity contribution is 9.10. The summed E-state index contributed by atoms with van der Waals surface area (Å²) >= 11 is 3.08. The van der Waals surface area contributed by atoms with E-state index in [-0.39, 0.29) is 16.5 Å². The largest absolute Gasteiger partial charge is 0.321 e. The summed E-state index contributed by atoms with van der Waals surface area (Å²) in [4.78, 5) is 0. The molecule has 0 fully saturated rings. The van der Waals surface area contributed by atoms with Crippen molar-refractivity contribution in [3.8, 4) is 0 Å². The third kappa shape index (κ3) is 3.50. The summed E-state index contributed by atoms with van der Waals surface area (Å²) in [7, 11) is 0. The third-order valence-corrected chi connectivity index (χ3v) is 4.32. The van der Waals surface area contributed by atoms with E-state index in [0.29, 0.717) is 0 Å².